The molecule has 0 bridgehead atoms. The quantitative estimate of drug-likeness (QED) is 0.889. The molecule has 1 unspecified atom stereocenters. The van der Waals surface area contributed by atoms with Gasteiger partial charge in [-0.05, 0) is 48.4 Å². The molecule has 0 radical (unpaired) electrons. The van der Waals surface area contributed by atoms with Crippen molar-refractivity contribution in [1.82, 2.24) is 4.98 Å². The van der Waals surface area contributed by atoms with E-state index in [4.69, 9.17) is 0 Å². The number of aromatic nitrogens is 1. The van der Waals surface area contributed by atoms with Gasteiger partial charge < -0.3 is 5.11 Å². The molecule has 1 heterocycles. The van der Waals surface area contributed by atoms with E-state index in [9.17, 15) is 18.3 Å². The van der Waals surface area contributed by atoms with Crippen molar-refractivity contribution in [1.29, 1.82) is 0 Å². The first-order valence-corrected chi connectivity index (χ1v) is 7.67. The van der Waals surface area contributed by atoms with Crippen molar-refractivity contribution in [3.05, 3.63) is 65.5 Å². The van der Waals surface area contributed by atoms with Crippen molar-refractivity contribution in [3.8, 4) is 0 Å². The maximum atomic E-state index is 12.9. The second-order valence-corrected chi connectivity index (χ2v) is 6.19. The van der Waals surface area contributed by atoms with Gasteiger partial charge in [-0.25, -0.2) is 0 Å². The van der Waals surface area contributed by atoms with Gasteiger partial charge in [-0.3, -0.25) is 4.98 Å². The predicted molar refractivity (Wildman–Crippen MR) is 80.8 cm³/mol. The molecule has 1 atom stereocenters. The van der Waals surface area contributed by atoms with E-state index in [0.717, 1.165) is 25.3 Å². The van der Waals surface area contributed by atoms with Gasteiger partial charge in [0.1, 0.15) is 0 Å². The standard InChI is InChI=1S/C18H18F3NO/c19-18(20,21)14-6-3-5-13(11-14)17(8-4-9-17)12-16(23)15-7-1-2-10-22-15/h1-3,5-7,10-11,16,23H,4,8-9,12H2. The van der Waals surface area contributed by atoms with Gasteiger partial charge in [0.15, 0.2) is 0 Å². The molecule has 1 aliphatic carbocycles. The lowest BCUT2D eigenvalue weighted by Gasteiger charge is -2.44. The van der Waals surface area contributed by atoms with E-state index in [1.807, 2.05) is 0 Å². The summed E-state index contributed by atoms with van der Waals surface area (Å²) in [6.07, 6.45) is -0.574. The fraction of sp³-hybridized carbons (Fsp3) is 0.389. The highest BCUT2D eigenvalue weighted by molar-refractivity contribution is 5.34. The van der Waals surface area contributed by atoms with Gasteiger partial charge >= 0.3 is 6.18 Å². The van der Waals surface area contributed by atoms with Gasteiger partial charge in [-0.1, -0.05) is 30.7 Å². The Bertz CT molecular complexity index is 665. The first-order chi connectivity index (χ1) is 10.9. The highest BCUT2D eigenvalue weighted by Crippen LogP contribution is 2.49. The van der Waals surface area contributed by atoms with Gasteiger partial charge in [-0.15, -0.1) is 0 Å². The largest absolute Gasteiger partial charge is 0.416 e. The van der Waals surface area contributed by atoms with Crippen LogP contribution in [-0.2, 0) is 11.6 Å². The summed E-state index contributed by atoms with van der Waals surface area (Å²) in [5.41, 5.74) is 0.200. The van der Waals surface area contributed by atoms with Crippen LogP contribution in [0.2, 0.25) is 0 Å². The third-order valence-corrected chi connectivity index (χ3v) is 4.73. The molecule has 2 nitrogen and oxygen atoms in total. The van der Waals surface area contributed by atoms with Crippen molar-refractivity contribution in [3.63, 3.8) is 0 Å². The number of hydrogen-bond acceptors (Lipinski definition) is 2. The monoisotopic (exact) mass is 321 g/mol. The van der Waals surface area contributed by atoms with E-state index >= 15 is 0 Å². The number of alkyl halides is 3. The minimum atomic E-state index is -4.35. The van der Waals surface area contributed by atoms with Crippen molar-refractivity contribution >= 4 is 0 Å². The van der Waals surface area contributed by atoms with Crippen molar-refractivity contribution in [2.45, 2.75) is 43.4 Å². The molecule has 1 N–H and O–H groups in total. The summed E-state index contributed by atoms with van der Waals surface area (Å²) < 4.78 is 38.8. The number of nitrogens with zero attached hydrogens (tertiary/aromatic N) is 1. The Morgan fingerprint density at radius 2 is 1.91 bits per heavy atom. The fourth-order valence-corrected chi connectivity index (χ4v) is 3.29. The van der Waals surface area contributed by atoms with Crippen molar-refractivity contribution < 1.29 is 18.3 Å². The smallest absolute Gasteiger partial charge is 0.387 e. The van der Waals surface area contributed by atoms with E-state index in [-0.39, 0.29) is 0 Å². The normalized spacial score (nSPS) is 18.3. The van der Waals surface area contributed by atoms with Crippen LogP contribution in [-0.4, -0.2) is 10.1 Å². The van der Waals surface area contributed by atoms with Crippen molar-refractivity contribution in [2.75, 3.05) is 0 Å². The molecule has 1 aromatic heterocycles. The molecule has 0 spiro atoms. The maximum Gasteiger partial charge on any atom is 0.416 e. The van der Waals surface area contributed by atoms with Gasteiger partial charge in [-0.2, -0.15) is 13.2 Å². The fourth-order valence-electron chi connectivity index (χ4n) is 3.29. The zero-order valence-electron chi connectivity index (χ0n) is 12.6. The maximum absolute atomic E-state index is 12.9. The molecule has 1 saturated carbocycles. The number of benzene rings is 1. The molecule has 0 aliphatic heterocycles. The molecule has 1 aromatic carbocycles. The highest BCUT2D eigenvalue weighted by Gasteiger charge is 2.42. The van der Waals surface area contributed by atoms with E-state index in [0.29, 0.717) is 17.7 Å². The lowest BCUT2D eigenvalue weighted by molar-refractivity contribution is -0.137. The second-order valence-electron chi connectivity index (χ2n) is 6.19. The van der Waals surface area contributed by atoms with Gasteiger partial charge in [0, 0.05) is 6.20 Å². The number of pyridine rings is 1. The van der Waals surface area contributed by atoms with Gasteiger partial charge in [0.2, 0.25) is 0 Å². The molecular weight excluding hydrogens is 303 g/mol. The van der Waals surface area contributed by atoms with Crippen LogP contribution in [0.25, 0.3) is 0 Å². The SMILES string of the molecule is OC(CC1(c2cccc(C(F)(F)F)c2)CCC1)c1ccccn1. The van der Waals surface area contributed by atoms with Crippen LogP contribution in [0.4, 0.5) is 13.2 Å². The summed E-state index contributed by atoms with van der Waals surface area (Å²) >= 11 is 0. The Labute approximate surface area is 133 Å². The lowest BCUT2D eigenvalue weighted by atomic mass is 9.61. The van der Waals surface area contributed by atoms with Crippen LogP contribution in [0.15, 0.2) is 48.7 Å². The van der Waals surface area contributed by atoms with Crippen LogP contribution in [0.5, 0.6) is 0 Å². The third-order valence-electron chi connectivity index (χ3n) is 4.73. The molecule has 3 rings (SSSR count). The Morgan fingerprint density at radius 3 is 2.48 bits per heavy atom. The molecule has 0 saturated heterocycles. The van der Waals surface area contributed by atoms with Crippen LogP contribution < -0.4 is 0 Å². The van der Waals surface area contributed by atoms with Crippen LogP contribution in [0.3, 0.4) is 0 Å². The van der Waals surface area contributed by atoms with Crippen LogP contribution in [0, 0.1) is 0 Å². The number of rotatable bonds is 4. The minimum absolute atomic E-state index is 0.391. The average Bonchev–Trinajstić information content (AvgIpc) is 2.51. The topological polar surface area (TPSA) is 33.1 Å². The molecule has 23 heavy (non-hydrogen) atoms. The summed E-state index contributed by atoms with van der Waals surface area (Å²) in [5.74, 6) is 0. The Kier molecular flexibility index (Phi) is 4.15. The zero-order valence-corrected chi connectivity index (χ0v) is 12.6. The first kappa shape index (κ1) is 16.0. The van der Waals surface area contributed by atoms with E-state index in [1.54, 1.807) is 30.5 Å². The molecule has 122 valence electrons. The third kappa shape index (κ3) is 3.24. The second kappa shape index (κ2) is 5.96. The lowest BCUT2D eigenvalue weighted by Crippen LogP contribution is -2.36. The summed E-state index contributed by atoms with van der Waals surface area (Å²) in [7, 11) is 0. The molecule has 0 amide bonds. The zero-order chi connectivity index (χ0) is 16.5. The highest BCUT2D eigenvalue weighted by atomic mass is 19.4. The van der Waals surface area contributed by atoms with E-state index < -0.39 is 23.3 Å². The summed E-state index contributed by atoms with van der Waals surface area (Å²) in [5, 5.41) is 10.4. The molecule has 5 heteroatoms. The Hall–Kier alpha value is -1.88. The van der Waals surface area contributed by atoms with Gasteiger partial charge in [0.25, 0.3) is 0 Å². The van der Waals surface area contributed by atoms with Crippen LogP contribution in [0.1, 0.15) is 48.6 Å². The van der Waals surface area contributed by atoms with Crippen LogP contribution >= 0.6 is 0 Å². The summed E-state index contributed by atoms with van der Waals surface area (Å²) in [6, 6.07) is 10.8. The predicted octanol–water partition coefficient (Wildman–Crippen LogP) is 4.65. The average molecular weight is 321 g/mol. The number of aliphatic hydroxyl groups excluding tert-OH is 1. The first-order valence-electron chi connectivity index (χ1n) is 7.67. The molecule has 1 aliphatic rings. The molecule has 1 fully saturated rings. The molecular formula is C18H18F3NO. The van der Waals surface area contributed by atoms with E-state index in [2.05, 4.69) is 4.98 Å². The van der Waals surface area contributed by atoms with Gasteiger partial charge in [0.05, 0.1) is 17.4 Å². The van der Waals surface area contributed by atoms with E-state index in [1.165, 1.54) is 12.1 Å². The number of hydrogen-bond donors (Lipinski definition) is 1. The summed E-state index contributed by atoms with van der Waals surface area (Å²) in [4.78, 5) is 4.14. The number of halogens is 3. The minimum Gasteiger partial charge on any atom is -0.387 e. The Morgan fingerprint density at radius 1 is 1.13 bits per heavy atom. The molecule has 2 aromatic rings. The summed E-state index contributed by atoms with van der Waals surface area (Å²) in [6.45, 7) is 0. The Balaban J connectivity index is 1.87. The van der Waals surface area contributed by atoms with Crippen molar-refractivity contribution in [2.24, 2.45) is 0 Å². The number of aliphatic hydroxyl groups is 1.